The Hall–Kier alpha value is -1.56. The molecule has 94 valence electrons. The molecule has 1 atom stereocenters. The van der Waals surface area contributed by atoms with Crippen molar-refractivity contribution in [3.63, 3.8) is 0 Å². The van der Waals surface area contributed by atoms with E-state index in [1.807, 2.05) is 0 Å². The molecule has 6 heteroatoms. The van der Waals surface area contributed by atoms with Gasteiger partial charge in [0, 0.05) is 13.6 Å². The van der Waals surface area contributed by atoms with Gasteiger partial charge in [0.1, 0.15) is 0 Å². The van der Waals surface area contributed by atoms with Crippen molar-refractivity contribution in [3.05, 3.63) is 35.1 Å². The molecule has 0 spiro atoms. The van der Waals surface area contributed by atoms with Gasteiger partial charge in [0.15, 0.2) is 17.5 Å². The lowest BCUT2D eigenvalue weighted by molar-refractivity contribution is -0.124. The maximum atomic E-state index is 12.9. The van der Waals surface area contributed by atoms with Crippen molar-refractivity contribution in [3.8, 4) is 0 Å². The van der Waals surface area contributed by atoms with Crippen molar-refractivity contribution in [2.45, 2.75) is 6.42 Å². The van der Waals surface area contributed by atoms with Crippen LogP contribution in [0.2, 0.25) is 0 Å². The summed E-state index contributed by atoms with van der Waals surface area (Å²) >= 11 is 0. The summed E-state index contributed by atoms with van der Waals surface area (Å²) in [6, 6.07) is 1.73. The van der Waals surface area contributed by atoms with Gasteiger partial charge in [-0.25, -0.2) is 13.2 Å². The SMILES string of the molecule is CNC(=O)C(CN)Cc1cc(F)c(F)c(F)c1. The van der Waals surface area contributed by atoms with E-state index in [4.69, 9.17) is 5.73 Å². The van der Waals surface area contributed by atoms with Crippen molar-refractivity contribution in [2.75, 3.05) is 13.6 Å². The first-order valence-electron chi connectivity index (χ1n) is 5.04. The van der Waals surface area contributed by atoms with Gasteiger partial charge < -0.3 is 11.1 Å². The van der Waals surface area contributed by atoms with Gasteiger partial charge in [-0.3, -0.25) is 4.79 Å². The molecule has 0 aromatic heterocycles. The van der Waals surface area contributed by atoms with E-state index in [1.165, 1.54) is 7.05 Å². The van der Waals surface area contributed by atoms with Crippen LogP contribution in [0.1, 0.15) is 5.56 Å². The van der Waals surface area contributed by atoms with E-state index in [9.17, 15) is 18.0 Å². The second-order valence-electron chi connectivity index (χ2n) is 3.62. The van der Waals surface area contributed by atoms with Crippen molar-refractivity contribution in [2.24, 2.45) is 11.7 Å². The Kier molecular flexibility index (Phi) is 4.51. The minimum Gasteiger partial charge on any atom is -0.359 e. The lowest BCUT2D eigenvalue weighted by Gasteiger charge is -2.13. The smallest absolute Gasteiger partial charge is 0.224 e. The zero-order chi connectivity index (χ0) is 13.0. The summed E-state index contributed by atoms with van der Waals surface area (Å²) in [7, 11) is 1.44. The number of hydrogen-bond donors (Lipinski definition) is 2. The fourth-order valence-corrected chi connectivity index (χ4v) is 1.50. The highest BCUT2D eigenvalue weighted by Gasteiger charge is 2.18. The highest BCUT2D eigenvalue weighted by atomic mass is 19.2. The Labute approximate surface area is 96.8 Å². The molecule has 0 aliphatic carbocycles. The molecule has 0 saturated heterocycles. The van der Waals surface area contributed by atoms with Gasteiger partial charge in [0.25, 0.3) is 0 Å². The molecule has 0 aliphatic rings. The fourth-order valence-electron chi connectivity index (χ4n) is 1.50. The van der Waals surface area contributed by atoms with Gasteiger partial charge in [-0.2, -0.15) is 0 Å². The summed E-state index contributed by atoms with van der Waals surface area (Å²) in [6.45, 7) is 0.0420. The zero-order valence-corrected chi connectivity index (χ0v) is 9.27. The third kappa shape index (κ3) is 3.20. The zero-order valence-electron chi connectivity index (χ0n) is 9.27. The molecule has 0 heterocycles. The molecule has 0 fully saturated rings. The molecule has 1 aromatic carbocycles. The molecule has 0 saturated carbocycles. The van der Waals surface area contributed by atoms with Crippen molar-refractivity contribution in [1.29, 1.82) is 0 Å². The van der Waals surface area contributed by atoms with E-state index < -0.39 is 23.4 Å². The first-order valence-corrected chi connectivity index (χ1v) is 5.04. The fraction of sp³-hybridized carbons (Fsp3) is 0.364. The Morgan fingerprint density at radius 1 is 1.35 bits per heavy atom. The van der Waals surface area contributed by atoms with Gasteiger partial charge in [-0.15, -0.1) is 0 Å². The number of halogens is 3. The minimum atomic E-state index is -1.52. The lowest BCUT2D eigenvalue weighted by Crippen LogP contribution is -2.34. The lowest BCUT2D eigenvalue weighted by atomic mass is 9.98. The molecule has 17 heavy (non-hydrogen) atoms. The number of amides is 1. The van der Waals surface area contributed by atoms with Crippen LogP contribution in [0.4, 0.5) is 13.2 Å². The number of rotatable bonds is 4. The standard InChI is InChI=1S/C11H13F3N2O/c1-16-11(17)7(5-15)2-6-3-8(12)10(14)9(13)4-6/h3-4,7H,2,5,15H2,1H3,(H,16,17). The number of carbonyl (C=O) groups excluding carboxylic acids is 1. The third-order valence-electron chi connectivity index (χ3n) is 2.43. The Morgan fingerprint density at radius 2 is 1.88 bits per heavy atom. The van der Waals surface area contributed by atoms with Crippen LogP contribution in [0.15, 0.2) is 12.1 Å². The summed E-state index contributed by atoms with van der Waals surface area (Å²) in [6.07, 6.45) is 0.0598. The Bertz CT molecular complexity index is 400. The Morgan fingerprint density at radius 3 is 2.29 bits per heavy atom. The van der Waals surface area contributed by atoms with Crippen LogP contribution >= 0.6 is 0 Å². The van der Waals surface area contributed by atoms with E-state index >= 15 is 0 Å². The van der Waals surface area contributed by atoms with Gasteiger partial charge in [0.2, 0.25) is 5.91 Å². The number of nitrogens with two attached hydrogens (primary N) is 1. The number of carbonyl (C=O) groups is 1. The maximum Gasteiger partial charge on any atom is 0.224 e. The van der Waals surface area contributed by atoms with Crippen LogP contribution in [0.5, 0.6) is 0 Å². The van der Waals surface area contributed by atoms with Gasteiger partial charge in [-0.1, -0.05) is 0 Å². The maximum absolute atomic E-state index is 12.9. The van der Waals surface area contributed by atoms with Crippen molar-refractivity contribution in [1.82, 2.24) is 5.32 Å². The number of hydrogen-bond acceptors (Lipinski definition) is 2. The molecule has 1 aromatic rings. The van der Waals surface area contributed by atoms with Crippen LogP contribution in [0.25, 0.3) is 0 Å². The highest BCUT2D eigenvalue weighted by molar-refractivity contribution is 5.78. The van der Waals surface area contributed by atoms with Gasteiger partial charge >= 0.3 is 0 Å². The second kappa shape index (κ2) is 5.67. The number of nitrogens with one attached hydrogen (secondary N) is 1. The van der Waals surface area contributed by atoms with Crippen LogP contribution in [-0.2, 0) is 11.2 Å². The normalized spacial score (nSPS) is 12.3. The van der Waals surface area contributed by atoms with Crippen LogP contribution < -0.4 is 11.1 Å². The molecule has 0 aliphatic heterocycles. The van der Waals surface area contributed by atoms with E-state index in [2.05, 4.69) is 5.32 Å². The Balaban J connectivity index is 2.91. The minimum absolute atomic E-state index is 0.0420. The summed E-state index contributed by atoms with van der Waals surface area (Å²) in [4.78, 5) is 11.3. The van der Waals surface area contributed by atoms with E-state index in [0.29, 0.717) is 0 Å². The first kappa shape index (κ1) is 13.5. The topological polar surface area (TPSA) is 55.1 Å². The predicted octanol–water partition coefficient (Wildman–Crippen LogP) is 0.967. The average Bonchev–Trinajstić information content (AvgIpc) is 2.31. The highest BCUT2D eigenvalue weighted by Crippen LogP contribution is 2.16. The van der Waals surface area contributed by atoms with E-state index in [0.717, 1.165) is 12.1 Å². The summed E-state index contributed by atoms with van der Waals surface area (Å²) in [5, 5.41) is 2.40. The van der Waals surface area contributed by atoms with E-state index in [1.54, 1.807) is 0 Å². The second-order valence-corrected chi connectivity index (χ2v) is 3.62. The van der Waals surface area contributed by atoms with Crippen molar-refractivity contribution < 1.29 is 18.0 Å². The molecule has 1 rings (SSSR count). The van der Waals surface area contributed by atoms with Crippen LogP contribution in [0, 0.1) is 23.4 Å². The molecule has 1 amide bonds. The van der Waals surface area contributed by atoms with Gasteiger partial charge in [0.05, 0.1) is 5.92 Å². The molecule has 3 nitrogen and oxygen atoms in total. The largest absolute Gasteiger partial charge is 0.359 e. The van der Waals surface area contributed by atoms with Crippen LogP contribution in [-0.4, -0.2) is 19.5 Å². The van der Waals surface area contributed by atoms with Gasteiger partial charge in [-0.05, 0) is 24.1 Å². The summed E-state index contributed by atoms with van der Waals surface area (Å²) in [5.41, 5.74) is 5.58. The van der Waals surface area contributed by atoms with Crippen molar-refractivity contribution >= 4 is 5.91 Å². The van der Waals surface area contributed by atoms with Crippen LogP contribution in [0.3, 0.4) is 0 Å². The molecule has 1 unspecified atom stereocenters. The quantitative estimate of drug-likeness (QED) is 0.778. The summed E-state index contributed by atoms with van der Waals surface area (Å²) in [5.74, 6) is -4.97. The average molecular weight is 246 g/mol. The molecular formula is C11H13F3N2O. The summed E-state index contributed by atoms with van der Waals surface area (Å²) < 4.78 is 38.6. The molecule has 0 bridgehead atoms. The monoisotopic (exact) mass is 246 g/mol. The molecular weight excluding hydrogens is 233 g/mol. The third-order valence-corrected chi connectivity index (χ3v) is 2.43. The predicted molar refractivity (Wildman–Crippen MR) is 56.6 cm³/mol. The van der Waals surface area contributed by atoms with E-state index in [-0.39, 0.29) is 24.4 Å². The molecule has 3 N–H and O–H groups in total. The molecule has 0 radical (unpaired) electrons. The first-order chi connectivity index (χ1) is 7.99. The number of benzene rings is 1.